The number of nitrogens with zero attached hydrogens (tertiary/aromatic N) is 3. The Hall–Kier alpha value is -7.30. The van der Waals surface area contributed by atoms with Gasteiger partial charge in [0.15, 0.2) is 0 Å². The minimum Gasteiger partial charge on any atom is -0.437 e. The molecule has 0 amide bonds. The summed E-state index contributed by atoms with van der Waals surface area (Å²) in [7, 11) is 0. The third-order valence-corrected chi connectivity index (χ3v) is 11.7. The van der Waals surface area contributed by atoms with Gasteiger partial charge in [0.05, 0.1) is 27.5 Å². The van der Waals surface area contributed by atoms with Crippen molar-refractivity contribution in [2.24, 2.45) is 0 Å². The molecule has 0 aliphatic heterocycles. The molecule has 0 N–H and O–H groups in total. The van der Waals surface area contributed by atoms with Crippen molar-refractivity contribution < 1.29 is 4.42 Å². The molecule has 1 aliphatic rings. The fourth-order valence-corrected chi connectivity index (χ4v) is 9.47. The van der Waals surface area contributed by atoms with Crippen LogP contribution >= 0.6 is 0 Å². The lowest BCUT2D eigenvalue weighted by Gasteiger charge is -2.33. The Bertz CT molecular complexity index is 3280. The Balaban J connectivity index is 1.22. The molecular formula is C51H31N3O. The molecule has 1 aliphatic carbocycles. The number of rotatable bonds is 4. The predicted molar refractivity (Wildman–Crippen MR) is 224 cm³/mol. The summed E-state index contributed by atoms with van der Waals surface area (Å²) in [6.07, 6.45) is 0. The van der Waals surface area contributed by atoms with E-state index in [9.17, 15) is 0 Å². The maximum atomic E-state index is 6.65. The second kappa shape index (κ2) is 11.3. The third-order valence-electron chi connectivity index (χ3n) is 11.7. The highest BCUT2D eigenvalue weighted by Gasteiger charge is 2.47. The Morgan fingerprint density at radius 2 is 1.07 bits per heavy atom. The molecule has 12 rings (SSSR count). The van der Waals surface area contributed by atoms with Gasteiger partial charge < -0.3 is 4.42 Å². The van der Waals surface area contributed by atoms with Crippen molar-refractivity contribution in [3.8, 4) is 28.3 Å². The monoisotopic (exact) mass is 701 g/mol. The van der Waals surface area contributed by atoms with Gasteiger partial charge in [-0.15, -0.1) is 0 Å². The van der Waals surface area contributed by atoms with Gasteiger partial charge in [-0.25, -0.2) is 4.98 Å². The van der Waals surface area contributed by atoms with E-state index in [-0.39, 0.29) is 0 Å². The molecule has 4 heteroatoms. The van der Waals surface area contributed by atoms with Crippen LogP contribution < -0.4 is 0 Å². The lowest BCUT2D eigenvalue weighted by atomic mass is 9.67. The lowest BCUT2D eigenvalue weighted by Crippen LogP contribution is -2.28. The van der Waals surface area contributed by atoms with Crippen LogP contribution in [-0.2, 0) is 5.41 Å². The van der Waals surface area contributed by atoms with Crippen LogP contribution in [0.1, 0.15) is 22.3 Å². The third kappa shape index (κ3) is 4.11. The first-order valence-corrected chi connectivity index (χ1v) is 18.8. The second-order valence-corrected chi connectivity index (χ2v) is 14.5. The molecule has 3 heterocycles. The van der Waals surface area contributed by atoms with Crippen molar-refractivity contribution >= 4 is 54.6 Å². The Labute approximate surface area is 316 Å². The van der Waals surface area contributed by atoms with E-state index in [0.29, 0.717) is 11.7 Å². The Morgan fingerprint density at radius 1 is 0.455 bits per heavy atom. The van der Waals surface area contributed by atoms with Crippen LogP contribution in [0.2, 0.25) is 0 Å². The summed E-state index contributed by atoms with van der Waals surface area (Å²) in [4.78, 5) is 10.9. The molecule has 0 saturated heterocycles. The first-order valence-electron chi connectivity index (χ1n) is 18.8. The van der Waals surface area contributed by atoms with Crippen molar-refractivity contribution in [2.75, 3.05) is 0 Å². The highest BCUT2D eigenvalue weighted by atomic mass is 16.3. The number of para-hydroxylation sites is 2. The van der Waals surface area contributed by atoms with E-state index in [0.717, 1.165) is 49.4 Å². The molecule has 0 unspecified atom stereocenters. The fourth-order valence-electron chi connectivity index (χ4n) is 9.47. The van der Waals surface area contributed by atoms with Gasteiger partial charge in [0.1, 0.15) is 5.58 Å². The molecule has 256 valence electrons. The van der Waals surface area contributed by atoms with Crippen molar-refractivity contribution in [3.63, 3.8) is 0 Å². The van der Waals surface area contributed by atoms with Gasteiger partial charge in [-0.05, 0) is 68.4 Å². The average Bonchev–Trinajstić information content (AvgIpc) is 3.89. The zero-order valence-electron chi connectivity index (χ0n) is 29.6. The van der Waals surface area contributed by atoms with E-state index in [2.05, 4.69) is 180 Å². The van der Waals surface area contributed by atoms with Crippen LogP contribution in [-0.4, -0.2) is 14.5 Å². The predicted octanol–water partition coefficient (Wildman–Crippen LogP) is 12.7. The fraction of sp³-hybridized carbons (Fsp3) is 0.0196. The zero-order valence-corrected chi connectivity index (χ0v) is 29.6. The van der Waals surface area contributed by atoms with Crippen molar-refractivity contribution in [1.29, 1.82) is 0 Å². The van der Waals surface area contributed by atoms with Gasteiger partial charge in [0.2, 0.25) is 11.7 Å². The maximum Gasteiger partial charge on any atom is 0.238 e. The number of hydrogen-bond acceptors (Lipinski definition) is 3. The summed E-state index contributed by atoms with van der Waals surface area (Å²) in [5, 5.41) is 6.59. The number of benzene rings is 8. The van der Waals surface area contributed by atoms with Crippen LogP contribution in [0.4, 0.5) is 0 Å². The van der Waals surface area contributed by atoms with E-state index in [1.807, 2.05) is 12.1 Å². The molecule has 3 aromatic heterocycles. The number of aromatic nitrogens is 3. The molecule has 0 fully saturated rings. The second-order valence-electron chi connectivity index (χ2n) is 14.5. The van der Waals surface area contributed by atoms with Crippen molar-refractivity contribution in [3.05, 3.63) is 210 Å². The van der Waals surface area contributed by atoms with E-state index in [4.69, 9.17) is 14.4 Å². The van der Waals surface area contributed by atoms with Gasteiger partial charge in [0, 0.05) is 21.7 Å². The van der Waals surface area contributed by atoms with Gasteiger partial charge in [0.25, 0.3) is 0 Å². The standard InChI is InChI=1S/C51H31N3O/c1-3-18-34(19-4-1)51(35-20-5-2-6-21-35)41-26-12-9-23-37(41)46-39(25-15-27-42(46)51)48-47-38-24-11-14-29-45(38)55-49(47)53-50(52-48)54-43-28-13-10-22-36(43)40-30-32-16-7-8-17-33(32)31-44(40)54/h1-31H. The minimum absolute atomic E-state index is 0.536. The summed E-state index contributed by atoms with van der Waals surface area (Å²) in [5.74, 6) is 0.573. The molecule has 0 spiro atoms. The van der Waals surface area contributed by atoms with Crippen LogP contribution in [0.25, 0.3) is 83.0 Å². The largest absolute Gasteiger partial charge is 0.437 e. The molecule has 0 saturated carbocycles. The van der Waals surface area contributed by atoms with E-state index in [1.54, 1.807) is 0 Å². The molecule has 0 bridgehead atoms. The maximum absolute atomic E-state index is 6.65. The summed E-state index contributed by atoms with van der Waals surface area (Å²) in [5.41, 5.74) is 12.1. The first-order chi connectivity index (χ1) is 27.3. The lowest BCUT2D eigenvalue weighted by molar-refractivity contribution is 0.651. The van der Waals surface area contributed by atoms with Gasteiger partial charge in [-0.1, -0.05) is 164 Å². The van der Waals surface area contributed by atoms with Crippen molar-refractivity contribution in [1.82, 2.24) is 14.5 Å². The molecule has 4 nitrogen and oxygen atoms in total. The highest BCUT2D eigenvalue weighted by molar-refractivity contribution is 6.15. The van der Waals surface area contributed by atoms with Gasteiger partial charge in [-0.3, -0.25) is 4.57 Å². The SMILES string of the molecule is c1ccc(C2(c3ccccc3)c3ccccc3-c3c(-c4nc(-n5c6ccccc6c6cc7ccccc7cc65)nc5oc6ccccc6c45)cccc32)cc1. The van der Waals surface area contributed by atoms with E-state index >= 15 is 0 Å². The van der Waals surface area contributed by atoms with E-state index in [1.165, 1.54) is 44.2 Å². The summed E-state index contributed by atoms with van der Waals surface area (Å²) in [6, 6.07) is 67.4. The van der Waals surface area contributed by atoms with Crippen LogP contribution in [0, 0.1) is 0 Å². The molecular weight excluding hydrogens is 671 g/mol. The summed E-state index contributed by atoms with van der Waals surface area (Å²) < 4.78 is 8.86. The van der Waals surface area contributed by atoms with Crippen molar-refractivity contribution in [2.45, 2.75) is 5.41 Å². The number of hydrogen-bond donors (Lipinski definition) is 0. The first kappa shape index (κ1) is 30.2. The molecule has 0 radical (unpaired) electrons. The highest BCUT2D eigenvalue weighted by Crippen LogP contribution is 2.58. The number of fused-ring (bicyclic) bond motifs is 10. The molecule has 8 aromatic carbocycles. The average molecular weight is 702 g/mol. The van der Waals surface area contributed by atoms with E-state index < -0.39 is 5.41 Å². The summed E-state index contributed by atoms with van der Waals surface area (Å²) in [6.45, 7) is 0. The van der Waals surface area contributed by atoms with Gasteiger partial charge in [-0.2, -0.15) is 4.98 Å². The smallest absolute Gasteiger partial charge is 0.238 e. The van der Waals surface area contributed by atoms with Crippen LogP contribution in [0.3, 0.4) is 0 Å². The topological polar surface area (TPSA) is 43.9 Å². The molecule has 55 heavy (non-hydrogen) atoms. The Kier molecular flexibility index (Phi) is 6.23. The number of furan rings is 1. The summed E-state index contributed by atoms with van der Waals surface area (Å²) >= 11 is 0. The molecule has 11 aromatic rings. The van der Waals surface area contributed by atoms with Crippen LogP contribution in [0.15, 0.2) is 192 Å². The van der Waals surface area contributed by atoms with Gasteiger partial charge >= 0.3 is 0 Å². The minimum atomic E-state index is -0.536. The Morgan fingerprint density at radius 3 is 1.87 bits per heavy atom. The normalized spacial score (nSPS) is 13.2. The molecule has 0 atom stereocenters. The quantitative estimate of drug-likeness (QED) is 0.183. The van der Waals surface area contributed by atoms with Crippen LogP contribution in [0.5, 0.6) is 0 Å². The zero-order chi connectivity index (χ0) is 36.1.